The van der Waals surface area contributed by atoms with Crippen LogP contribution in [0.3, 0.4) is 0 Å². The summed E-state index contributed by atoms with van der Waals surface area (Å²) in [6.07, 6.45) is 6.53. The highest BCUT2D eigenvalue weighted by Crippen LogP contribution is 2.24. The number of hydrogen-bond donors (Lipinski definition) is 0. The normalized spacial score (nSPS) is 16.8. The SMILES string of the molecule is CN(CC(=O)c1cccc(F)c1)CC1CCCCC1. The van der Waals surface area contributed by atoms with Gasteiger partial charge in [0, 0.05) is 12.1 Å². The predicted molar refractivity (Wildman–Crippen MR) is 74.8 cm³/mol. The second-order valence-electron chi connectivity index (χ2n) is 5.63. The molecule has 0 bridgehead atoms. The van der Waals surface area contributed by atoms with Crippen LogP contribution in [0.5, 0.6) is 0 Å². The molecule has 0 aliphatic heterocycles. The Hall–Kier alpha value is -1.22. The number of nitrogens with zero attached hydrogens (tertiary/aromatic N) is 1. The van der Waals surface area contributed by atoms with E-state index in [2.05, 4.69) is 4.90 Å². The first-order valence-corrected chi connectivity index (χ1v) is 7.12. The van der Waals surface area contributed by atoms with E-state index in [9.17, 15) is 9.18 Å². The third-order valence-electron chi connectivity index (χ3n) is 3.85. The van der Waals surface area contributed by atoms with Crippen LogP contribution < -0.4 is 0 Å². The van der Waals surface area contributed by atoms with Gasteiger partial charge in [0.25, 0.3) is 0 Å². The van der Waals surface area contributed by atoms with Crippen LogP contribution >= 0.6 is 0 Å². The van der Waals surface area contributed by atoms with E-state index in [1.807, 2.05) is 7.05 Å². The molecule has 104 valence electrons. The Bertz CT molecular complexity index is 427. The largest absolute Gasteiger partial charge is 0.299 e. The summed E-state index contributed by atoms with van der Waals surface area (Å²) in [5.41, 5.74) is 0.468. The Morgan fingerprint density at radius 3 is 2.74 bits per heavy atom. The first-order chi connectivity index (χ1) is 9.15. The van der Waals surface area contributed by atoms with Gasteiger partial charge in [-0.05, 0) is 37.9 Å². The van der Waals surface area contributed by atoms with Gasteiger partial charge in [-0.2, -0.15) is 0 Å². The van der Waals surface area contributed by atoms with Gasteiger partial charge in [0.05, 0.1) is 6.54 Å². The quantitative estimate of drug-likeness (QED) is 0.758. The highest BCUT2D eigenvalue weighted by molar-refractivity contribution is 5.97. The van der Waals surface area contributed by atoms with Crippen LogP contribution in [0.1, 0.15) is 42.5 Å². The minimum atomic E-state index is -0.346. The van der Waals surface area contributed by atoms with Gasteiger partial charge < -0.3 is 0 Å². The molecule has 1 aliphatic carbocycles. The summed E-state index contributed by atoms with van der Waals surface area (Å²) in [5, 5.41) is 0. The lowest BCUT2D eigenvalue weighted by Crippen LogP contribution is -2.31. The fourth-order valence-corrected chi connectivity index (χ4v) is 2.87. The second-order valence-corrected chi connectivity index (χ2v) is 5.63. The molecule has 0 aromatic heterocycles. The van der Waals surface area contributed by atoms with Gasteiger partial charge in [-0.3, -0.25) is 9.69 Å². The molecule has 0 radical (unpaired) electrons. The van der Waals surface area contributed by atoms with Crippen molar-refractivity contribution in [3.63, 3.8) is 0 Å². The highest BCUT2D eigenvalue weighted by Gasteiger charge is 2.17. The van der Waals surface area contributed by atoms with E-state index >= 15 is 0 Å². The van der Waals surface area contributed by atoms with E-state index in [-0.39, 0.29) is 11.6 Å². The number of carbonyl (C=O) groups excluding carboxylic acids is 1. The number of hydrogen-bond acceptors (Lipinski definition) is 2. The molecule has 19 heavy (non-hydrogen) atoms. The van der Waals surface area contributed by atoms with E-state index in [1.54, 1.807) is 12.1 Å². The smallest absolute Gasteiger partial charge is 0.176 e. The fraction of sp³-hybridized carbons (Fsp3) is 0.562. The Morgan fingerprint density at radius 2 is 2.05 bits per heavy atom. The van der Waals surface area contributed by atoms with Crippen molar-refractivity contribution in [2.75, 3.05) is 20.1 Å². The van der Waals surface area contributed by atoms with Crippen molar-refractivity contribution in [2.24, 2.45) is 5.92 Å². The zero-order valence-electron chi connectivity index (χ0n) is 11.6. The molecule has 1 aromatic rings. The van der Waals surface area contributed by atoms with Gasteiger partial charge in [0.2, 0.25) is 0 Å². The lowest BCUT2D eigenvalue weighted by molar-refractivity contribution is 0.0932. The third-order valence-corrected chi connectivity index (χ3v) is 3.85. The zero-order chi connectivity index (χ0) is 13.7. The number of Topliss-reactive ketones (excluding diaryl/α,β-unsaturated/α-hetero) is 1. The average molecular weight is 263 g/mol. The number of likely N-dealkylation sites (N-methyl/N-ethyl adjacent to an activating group) is 1. The van der Waals surface area contributed by atoms with Gasteiger partial charge in [0.1, 0.15) is 5.82 Å². The van der Waals surface area contributed by atoms with Gasteiger partial charge in [-0.15, -0.1) is 0 Å². The fourth-order valence-electron chi connectivity index (χ4n) is 2.87. The second kappa shape index (κ2) is 6.80. The van der Waals surface area contributed by atoms with Crippen molar-refractivity contribution < 1.29 is 9.18 Å². The van der Waals surface area contributed by atoms with Crippen LogP contribution in [0, 0.1) is 11.7 Å². The number of benzene rings is 1. The summed E-state index contributed by atoms with van der Waals surface area (Å²) in [6, 6.07) is 5.95. The van der Waals surface area contributed by atoms with E-state index in [1.165, 1.54) is 44.2 Å². The minimum Gasteiger partial charge on any atom is -0.299 e. The van der Waals surface area contributed by atoms with Crippen LogP contribution in [-0.4, -0.2) is 30.8 Å². The maximum Gasteiger partial charge on any atom is 0.176 e. The molecule has 2 nitrogen and oxygen atoms in total. The van der Waals surface area contributed by atoms with Crippen molar-refractivity contribution in [3.8, 4) is 0 Å². The molecule has 0 spiro atoms. The van der Waals surface area contributed by atoms with Crippen molar-refractivity contribution in [3.05, 3.63) is 35.6 Å². The highest BCUT2D eigenvalue weighted by atomic mass is 19.1. The maximum absolute atomic E-state index is 13.1. The van der Waals surface area contributed by atoms with Gasteiger partial charge in [0.15, 0.2) is 5.78 Å². The molecule has 1 saturated carbocycles. The van der Waals surface area contributed by atoms with Crippen LogP contribution in [0.15, 0.2) is 24.3 Å². The molecular formula is C16H22FNO. The number of rotatable bonds is 5. The third kappa shape index (κ3) is 4.43. The zero-order valence-corrected chi connectivity index (χ0v) is 11.6. The van der Waals surface area contributed by atoms with Gasteiger partial charge in [-0.25, -0.2) is 4.39 Å². The molecular weight excluding hydrogens is 241 g/mol. The standard InChI is InChI=1S/C16H22FNO/c1-18(11-13-6-3-2-4-7-13)12-16(19)14-8-5-9-15(17)10-14/h5,8-10,13H,2-4,6-7,11-12H2,1H3. The molecule has 1 aliphatic rings. The van der Waals surface area contributed by atoms with Gasteiger partial charge in [-0.1, -0.05) is 31.4 Å². The Balaban J connectivity index is 1.84. The Labute approximate surface area is 114 Å². The number of carbonyl (C=O) groups is 1. The molecule has 2 rings (SSSR count). The number of halogens is 1. The Morgan fingerprint density at radius 1 is 1.32 bits per heavy atom. The monoisotopic (exact) mass is 263 g/mol. The molecule has 1 aromatic carbocycles. The van der Waals surface area contributed by atoms with Crippen LogP contribution in [0.2, 0.25) is 0 Å². The van der Waals surface area contributed by atoms with Crippen LogP contribution in [0.25, 0.3) is 0 Å². The molecule has 3 heteroatoms. The first-order valence-electron chi connectivity index (χ1n) is 7.12. The molecule has 0 unspecified atom stereocenters. The van der Waals surface area contributed by atoms with Crippen LogP contribution in [0.4, 0.5) is 4.39 Å². The summed E-state index contributed by atoms with van der Waals surface area (Å²) >= 11 is 0. The molecule has 1 fully saturated rings. The van der Waals surface area contributed by atoms with Crippen molar-refractivity contribution in [2.45, 2.75) is 32.1 Å². The van der Waals surface area contributed by atoms with E-state index in [0.717, 1.165) is 12.5 Å². The molecule has 0 atom stereocenters. The summed E-state index contributed by atoms with van der Waals surface area (Å²) in [6.45, 7) is 1.35. The predicted octanol–water partition coefficient (Wildman–Crippen LogP) is 3.52. The number of ketones is 1. The summed E-state index contributed by atoms with van der Waals surface area (Å²) in [7, 11) is 1.98. The molecule has 0 amide bonds. The molecule has 0 saturated heterocycles. The molecule has 0 N–H and O–H groups in total. The summed E-state index contributed by atoms with van der Waals surface area (Å²) < 4.78 is 13.1. The topological polar surface area (TPSA) is 20.3 Å². The molecule has 0 heterocycles. The van der Waals surface area contributed by atoms with Crippen LogP contribution in [-0.2, 0) is 0 Å². The summed E-state index contributed by atoms with van der Waals surface area (Å²) in [4.78, 5) is 14.1. The van der Waals surface area contributed by atoms with E-state index in [0.29, 0.717) is 12.1 Å². The lowest BCUT2D eigenvalue weighted by Gasteiger charge is -2.26. The van der Waals surface area contributed by atoms with Crippen molar-refractivity contribution in [1.29, 1.82) is 0 Å². The Kier molecular flexibility index (Phi) is 5.08. The lowest BCUT2D eigenvalue weighted by atomic mass is 9.89. The van der Waals surface area contributed by atoms with Crippen molar-refractivity contribution in [1.82, 2.24) is 4.90 Å². The van der Waals surface area contributed by atoms with E-state index < -0.39 is 0 Å². The van der Waals surface area contributed by atoms with E-state index in [4.69, 9.17) is 0 Å². The first kappa shape index (κ1) is 14.2. The summed E-state index contributed by atoms with van der Waals surface area (Å²) in [5.74, 6) is 0.373. The maximum atomic E-state index is 13.1. The van der Waals surface area contributed by atoms with Gasteiger partial charge >= 0.3 is 0 Å². The van der Waals surface area contributed by atoms with Crippen molar-refractivity contribution >= 4 is 5.78 Å². The minimum absolute atomic E-state index is 0.00203. The average Bonchev–Trinajstić information content (AvgIpc) is 2.39.